The third-order valence-corrected chi connectivity index (χ3v) is 2.83. The van der Waals surface area contributed by atoms with Crippen LogP contribution in [-0.2, 0) is 0 Å². The smallest absolute Gasteiger partial charge is 0.131 e. The van der Waals surface area contributed by atoms with Gasteiger partial charge in [-0.05, 0) is 31.2 Å². The third kappa shape index (κ3) is 3.35. The lowest BCUT2D eigenvalue weighted by molar-refractivity contribution is 0.394. The zero-order chi connectivity index (χ0) is 13.7. The molecule has 0 radical (unpaired) electrons. The van der Waals surface area contributed by atoms with E-state index in [2.05, 4.69) is 11.9 Å². The zero-order valence-corrected chi connectivity index (χ0v) is 11.4. The molecule has 0 amide bonds. The summed E-state index contributed by atoms with van der Waals surface area (Å²) in [5.41, 5.74) is 3.06. The second-order valence-corrected chi connectivity index (χ2v) is 4.20. The van der Waals surface area contributed by atoms with Gasteiger partial charge in [-0.15, -0.1) is 0 Å². The first-order valence-electron chi connectivity index (χ1n) is 6.05. The molecule has 2 aromatic carbocycles. The van der Waals surface area contributed by atoms with Crippen molar-refractivity contribution in [3.8, 4) is 11.5 Å². The highest BCUT2D eigenvalue weighted by Gasteiger charge is 2.02. The van der Waals surface area contributed by atoms with Gasteiger partial charge in [-0.3, -0.25) is 4.99 Å². The maximum absolute atomic E-state index is 5.32. The number of hydrogen-bond acceptors (Lipinski definition) is 3. The second-order valence-electron chi connectivity index (χ2n) is 4.20. The van der Waals surface area contributed by atoms with Crippen LogP contribution in [0.1, 0.15) is 11.1 Å². The summed E-state index contributed by atoms with van der Waals surface area (Å²) in [5.74, 6) is 1.51. The van der Waals surface area contributed by atoms with Crippen LogP contribution in [0.5, 0.6) is 11.5 Å². The molecule has 0 aliphatic rings. The van der Waals surface area contributed by atoms with Crippen molar-refractivity contribution in [1.29, 1.82) is 0 Å². The van der Waals surface area contributed by atoms with E-state index in [1.807, 2.05) is 42.5 Å². The van der Waals surface area contributed by atoms with Crippen LogP contribution >= 0.6 is 0 Å². The lowest BCUT2D eigenvalue weighted by Gasteiger charge is -2.06. The summed E-state index contributed by atoms with van der Waals surface area (Å²) in [4.78, 5) is 4.44. The molecule has 0 heterocycles. The van der Waals surface area contributed by atoms with Crippen molar-refractivity contribution in [3.63, 3.8) is 0 Å². The Morgan fingerprint density at radius 2 is 1.68 bits per heavy atom. The maximum atomic E-state index is 5.32. The Balaban J connectivity index is 2.25. The highest BCUT2D eigenvalue weighted by Crippen LogP contribution is 2.24. The molecule has 0 fully saturated rings. The zero-order valence-electron chi connectivity index (χ0n) is 11.4. The van der Waals surface area contributed by atoms with E-state index in [4.69, 9.17) is 9.47 Å². The summed E-state index contributed by atoms with van der Waals surface area (Å²) in [7, 11) is 3.27. The predicted molar refractivity (Wildman–Crippen MR) is 78.0 cm³/mol. The van der Waals surface area contributed by atoms with Crippen molar-refractivity contribution >= 4 is 11.9 Å². The summed E-state index contributed by atoms with van der Waals surface area (Å²) < 4.78 is 10.5. The van der Waals surface area contributed by atoms with Gasteiger partial charge >= 0.3 is 0 Å². The van der Waals surface area contributed by atoms with Crippen LogP contribution in [0.3, 0.4) is 0 Å². The monoisotopic (exact) mass is 255 g/mol. The van der Waals surface area contributed by atoms with E-state index in [-0.39, 0.29) is 0 Å². The molecule has 19 heavy (non-hydrogen) atoms. The lowest BCUT2D eigenvalue weighted by Crippen LogP contribution is -1.92. The summed E-state index contributed by atoms with van der Waals surface area (Å²) in [5, 5.41) is 0. The molecule has 2 rings (SSSR count). The topological polar surface area (TPSA) is 30.8 Å². The Labute approximate surface area is 113 Å². The van der Waals surface area contributed by atoms with Crippen LogP contribution in [0, 0.1) is 6.92 Å². The van der Waals surface area contributed by atoms with Gasteiger partial charge < -0.3 is 9.47 Å². The van der Waals surface area contributed by atoms with Gasteiger partial charge in [-0.25, -0.2) is 0 Å². The van der Waals surface area contributed by atoms with Gasteiger partial charge in [0, 0.05) is 17.8 Å². The van der Waals surface area contributed by atoms with Gasteiger partial charge in [-0.2, -0.15) is 0 Å². The molecule has 0 aliphatic heterocycles. The van der Waals surface area contributed by atoms with Gasteiger partial charge in [0.15, 0.2) is 0 Å². The van der Waals surface area contributed by atoms with Crippen molar-refractivity contribution in [2.24, 2.45) is 4.99 Å². The maximum Gasteiger partial charge on any atom is 0.131 e. The summed E-state index contributed by atoms with van der Waals surface area (Å²) in [6, 6.07) is 13.7. The van der Waals surface area contributed by atoms with Gasteiger partial charge in [-0.1, -0.05) is 17.7 Å². The lowest BCUT2D eigenvalue weighted by atomic mass is 10.2. The van der Waals surface area contributed by atoms with Crippen LogP contribution in [0.25, 0.3) is 0 Å². The Morgan fingerprint density at radius 3 is 2.32 bits per heavy atom. The fourth-order valence-corrected chi connectivity index (χ4v) is 1.70. The number of benzene rings is 2. The molecule has 0 spiro atoms. The molecule has 0 N–H and O–H groups in total. The van der Waals surface area contributed by atoms with E-state index in [0.29, 0.717) is 0 Å². The normalized spacial score (nSPS) is 10.7. The number of nitrogens with zero attached hydrogens (tertiary/aromatic N) is 1. The molecule has 0 atom stereocenters. The summed E-state index contributed by atoms with van der Waals surface area (Å²) in [6.07, 6.45) is 1.79. The standard InChI is InChI=1S/C16H17NO2/c1-12-4-7-14(8-5-12)17-11-13-6-9-15(18-2)10-16(13)19-3/h4-11H,1-3H3. The van der Waals surface area contributed by atoms with E-state index < -0.39 is 0 Å². The first-order valence-corrected chi connectivity index (χ1v) is 6.05. The molecule has 0 aliphatic carbocycles. The first-order chi connectivity index (χ1) is 9.22. The molecule has 0 saturated heterocycles. The Morgan fingerprint density at radius 1 is 0.947 bits per heavy atom. The van der Waals surface area contributed by atoms with Crippen molar-refractivity contribution in [2.75, 3.05) is 14.2 Å². The van der Waals surface area contributed by atoms with Gasteiger partial charge in [0.05, 0.1) is 19.9 Å². The second kappa shape index (κ2) is 6.05. The minimum Gasteiger partial charge on any atom is -0.497 e. The quantitative estimate of drug-likeness (QED) is 0.779. The van der Waals surface area contributed by atoms with Crippen molar-refractivity contribution < 1.29 is 9.47 Å². The first kappa shape index (κ1) is 13.1. The molecular weight excluding hydrogens is 238 g/mol. The SMILES string of the molecule is COc1ccc(C=Nc2ccc(C)cc2)c(OC)c1. The van der Waals surface area contributed by atoms with E-state index in [1.54, 1.807) is 20.4 Å². The van der Waals surface area contributed by atoms with Crippen molar-refractivity contribution in [2.45, 2.75) is 6.92 Å². The molecule has 2 aromatic rings. The number of ether oxygens (including phenoxy) is 2. The predicted octanol–water partition coefficient (Wildman–Crippen LogP) is 3.76. The minimum absolute atomic E-state index is 0.746. The number of rotatable bonds is 4. The Bertz CT molecular complexity index is 574. The van der Waals surface area contributed by atoms with Crippen molar-refractivity contribution in [1.82, 2.24) is 0 Å². The van der Waals surface area contributed by atoms with E-state index in [0.717, 1.165) is 22.7 Å². The fourth-order valence-electron chi connectivity index (χ4n) is 1.70. The van der Waals surface area contributed by atoms with E-state index in [1.165, 1.54) is 5.56 Å². The molecule has 98 valence electrons. The number of aryl methyl sites for hydroxylation is 1. The minimum atomic E-state index is 0.746. The van der Waals surface area contributed by atoms with Crippen LogP contribution < -0.4 is 9.47 Å². The average Bonchev–Trinajstić information content (AvgIpc) is 2.46. The summed E-state index contributed by atoms with van der Waals surface area (Å²) in [6.45, 7) is 2.06. The van der Waals surface area contributed by atoms with Crippen LogP contribution in [0.2, 0.25) is 0 Å². The number of methoxy groups -OCH3 is 2. The van der Waals surface area contributed by atoms with E-state index in [9.17, 15) is 0 Å². The molecular formula is C16H17NO2. The fraction of sp³-hybridized carbons (Fsp3) is 0.188. The highest BCUT2D eigenvalue weighted by molar-refractivity contribution is 5.85. The van der Waals surface area contributed by atoms with Gasteiger partial charge in [0.25, 0.3) is 0 Å². The molecule has 3 heteroatoms. The van der Waals surface area contributed by atoms with Gasteiger partial charge in [0.2, 0.25) is 0 Å². The van der Waals surface area contributed by atoms with E-state index >= 15 is 0 Å². The molecule has 0 unspecified atom stereocenters. The summed E-state index contributed by atoms with van der Waals surface area (Å²) >= 11 is 0. The molecule has 3 nitrogen and oxygen atoms in total. The van der Waals surface area contributed by atoms with Crippen LogP contribution in [0.4, 0.5) is 5.69 Å². The van der Waals surface area contributed by atoms with Gasteiger partial charge in [0.1, 0.15) is 11.5 Å². The third-order valence-electron chi connectivity index (χ3n) is 2.83. The largest absolute Gasteiger partial charge is 0.497 e. The number of hydrogen-bond donors (Lipinski definition) is 0. The van der Waals surface area contributed by atoms with Crippen molar-refractivity contribution in [3.05, 3.63) is 53.6 Å². The Kier molecular flexibility index (Phi) is 4.18. The highest BCUT2D eigenvalue weighted by atomic mass is 16.5. The molecule has 0 aromatic heterocycles. The molecule has 0 saturated carbocycles. The molecule has 0 bridgehead atoms. The Hall–Kier alpha value is -2.29. The average molecular weight is 255 g/mol. The number of aliphatic imine (C=N–C) groups is 1. The van der Waals surface area contributed by atoms with Crippen LogP contribution in [-0.4, -0.2) is 20.4 Å². The van der Waals surface area contributed by atoms with Crippen LogP contribution in [0.15, 0.2) is 47.5 Å².